The fourth-order valence-corrected chi connectivity index (χ4v) is 4.04. The molecule has 0 amide bonds. The molecule has 0 aromatic heterocycles. The number of hydrogen-bond acceptors (Lipinski definition) is 4. The van der Waals surface area contributed by atoms with E-state index in [1.807, 2.05) is 0 Å². The molecule has 0 saturated carbocycles. The lowest BCUT2D eigenvalue weighted by Crippen LogP contribution is -1.98. The van der Waals surface area contributed by atoms with Crippen LogP contribution in [0, 0.1) is 0 Å². The summed E-state index contributed by atoms with van der Waals surface area (Å²) in [6.45, 7) is 0. The van der Waals surface area contributed by atoms with Gasteiger partial charge in [-0.1, -0.05) is 83.5 Å². The van der Waals surface area contributed by atoms with E-state index < -0.39 is 26.2 Å². The van der Waals surface area contributed by atoms with Gasteiger partial charge in [0.2, 0.25) is 11.0 Å². The van der Waals surface area contributed by atoms with Crippen LogP contribution in [-0.2, 0) is 18.7 Å². The molecule has 0 aromatic rings. The Kier molecular flexibility index (Phi) is 16.1. The van der Waals surface area contributed by atoms with Gasteiger partial charge in [-0.15, -0.1) is 0 Å². The van der Waals surface area contributed by atoms with Crippen LogP contribution in [-0.4, -0.2) is 30.6 Å². The molecule has 172 valence electrons. The van der Waals surface area contributed by atoms with Gasteiger partial charge in [0.15, 0.2) is 0 Å². The lowest BCUT2D eigenvalue weighted by Gasteiger charge is -2.04. The summed E-state index contributed by atoms with van der Waals surface area (Å²) in [4.78, 5) is 56.9. The van der Waals surface area contributed by atoms with E-state index in [1.165, 1.54) is 32.1 Å². The Bertz CT molecular complexity index is 504. The minimum Gasteiger partial charge on any atom is -0.319 e. The normalized spacial score (nSPS) is 12.3. The van der Waals surface area contributed by atoms with Crippen molar-refractivity contribution in [1.29, 1.82) is 0 Å². The molecule has 10 heteroatoms. The maximum absolute atomic E-state index is 11.1. The van der Waals surface area contributed by atoms with Crippen LogP contribution in [0.1, 0.15) is 109 Å². The zero-order valence-corrected chi connectivity index (χ0v) is 19.1. The monoisotopic (exact) mass is 456 g/mol. The fourth-order valence-electron chi connectivity index (χ4n) is 3.14. The molecule has 8 nitrogen and oxygen atoms in total. The highest BCUT2D eigenvalue weighted by molar-refractivity contribution is 7.70. The summed E-state index contributed by atoms with van der Waals surface area (Å²) in [7, 11) is -9.07. The third-order valence-corrected chi connectivity index (χ3v) is 6.68. The Morgan fingerprint density at radius 3 is 0.759 bits per heavy atom. The van der Waals surface area contributed by atoms with Crippen molar-refractivity contribution in [2.24, 2.45) is 0 Å². The first-order valence-electron chi connectivity index (χ1n) is 10.7. The van der Waals surface area contributed by atoms with Crippen molar-refractivity contribution < 1.29 is 38.3 Å². The third-order valence-electron chi connectivity index (χ3n) is 4.93. The van der Waals surface area contributed by atoms with Gasteiger partial charge in [0, 0.05) is 12.8 Å². The summed E-state index contributed by atoms with van der Waals surface area (Å²) in [5.74, 6) is 0. The number of carbonyl (C=O) groups is 2. The highest BCUT2D eigenvalue weighted by Gasteiger charge is 2.24. The second-order valence-corrected chi connectivity index (χ2v) is 10.9. The number of carbonyl (C=O) groups excluding carboxylic acids is 2. The van der Waals surface area contributed by atoms with Gasteiger partial charge < -0.3 is 19.6 Å². The molecule has 0 aliphatic carbocycles. The Morgan fingerprint density at radius 1 is 0.414 bits per heavy atom. The topological polar surface area (TPSA) is 149 Å². The average molecular weight is 456 g/mol. The highest BCUT2D eigenvalue weighted by atomic mass is 31.2. The van der Waals surface area contributed by atoms with Gasteiger partial charge in [0.25, 0.3) is 0 Å². The van der Waals surface area contributed by atoms with Gasteiger partial charge in [-0.2, -0.15) is 0 Å². The van der Waals surface area contributed by atoms with Crippen LogP contribution in [0.4, 0.5) is 0 Å². The number of rotatable bonds is 20. The van der Waals surface area contributed by atoms with Crippen molar-refractivity contribution in [1.82, 2.24) is 0 Å². The van der Waals surface area contributed by atoms with Crippen LogP contribution in [0.25, 0.3) is 0 Å². The van der Waals surface area contributed by atoms with E-state index >= 15 is 0 Å². The largest absolute Gasteiger partial charge is 0.391 e. The first kappa shape index (κ1) is 28.6. The van der Waals surface area contributed by atoms with Crippen molar-refractivity contribution in [3.8, 4) is 0 Å². The summed E-state index contributed by atoms with van der Waals surface area (Å²) < 4.78 is 21.4. The van der Waals surface area contributed by atoms with Gasteiger partial charge in [-0.25, -0.2) is 0 Å². The number of hydrogen-bond donors (Lipinski definition) is 4. The second-order valence-electron chi connectivity index (χ2n) is 7.68. The first-order valence-corrected chi connectivity index (χ1v) is 14.0. The molecule has 0 rings (SSSR count). The average Bonchev–Trinajstić information content (AvgIpc) is 2.62. The van der Waals surface area contributed by atoms with E-state index in [2.05, 4.69) is 0 Å². The van der Waals surface area contributed by atoms with Crippen LogP contribution in [0.3, 0.4) is 0 Å². The Balaban J connectivity index is 3.25. The summed E-state index contributed by atoms with van der Waals surface area (Å²) >= 11 is 0. The van der Waals surface area contributed by atoms with E-state index in [0.29, 0.717) is 12.8 Å². The predicted molar refractivity (Wildman–Crippen MR) is 113 cm³/mol. The van der Waals surface area contributed by atoms with Gasteiger partial charge in [0.1, 0.15) is 0 Å². The van der Waals surface area contributed by atoms with E-state index in [0.717, 1.165) is 51.4 Å². The fraction of sp³-hybridized carbons (Fsp3) is 0.895. The molecule has 4 N–H and O–H groups in total. The predicted octanol–water partition coefficient (Wildman–Crippen LogP) is 5.03. The van der Waals surface area contributed by atoms with Crippen molar-refractivity contribution in [3.05, 3.63) is 0 Å². The molecular weight excluding hydrogens is 418 g/mol. The van der Waals surface area contributed by atoms with Crippen LogP contribution in [0.15, 0.2) is 0 Å². The minimum atomic E-state index is -4.53. The smallest absolute Gasteiger partial charge is 0.319 e. The van der Waals surface area contributed by atoms with Crippen molar-refractivity contribution >= 4 is 26.2 Å². The van der Waals surface area contributed by atoms with Crippen molar-refractivity contribution in [2.75, 3.05) is 0 Å². The van der Waals surface area contributed by atoms with Crippen LogP contribution in [0.2, 0.25) is 0 Å². The standard InChI is InChI=1S/C19H38O8P2/c20-18(28(22,23)24)16-14-12-10-8-6-4-2-1-3-5-7-9-11-13-15-17-19(21)29(25,26)27/h1-17H2,(H2,22,23,24)(H2,25,26,27). The molecule has 0 radical (unpaired) electrons. The van der Waals surface area contributed by atoms with Crippen molar-refractivity contribution in [2.45, 2.75) is 109 Å². The maximum atomic E-state index is 11.1. The van der Waals surface area contributed by atoms with Crippen LogP contribution >= 0.6 is 15.2 Å². The summed E-state index contributed by atoms with van der Waals surface area (Å²) in [6, 6.07) is 0. The van der Waals surface area contributed by atoms with E-state index in [1.54, 1.807) is 0 Å². The third kappa shape index (κ3) is 18.2. The first-order chi connectivity index (χ1) is 13.5. The Hall–Kier alpha value is -0.360. The maximum Gasteiger partial charge on any atom is 0.391 e. The van der Waals surface area contributed by atoms with E-state index in [4.69, 9.17) is 19.6 Å². The molecule has 0 fully saturated rings. The zero-order valence-electron chi connectivity index (χ0n) is 17.3. The Morgan fingerprint density at radius 2 is 0.586 bits per heavy atom. The minimum absolute atomic E-state index is 0.0319. The highest BCUT2D eigenvalue weighted by Crippen LogP contribution is 2.38. The molecule has 29 heavy (non-hydrogen) atoms. The summed E-state index contributed by atoms with van der Waals surface area (Å²) in [6.07, 6.45) is 15.2. The molecule has 0 aliphatic heterocycles. The van der Waals surface area contributed by atoms with Gasteiger partial charge >= 0.3 is 15.2 Å². The lowest BCUT2D eigenvalue weighted by atomic mass is 10.0. The van der Waals surface area contributed by atoms with E-state index in [9.17, 15) is 18.7 Å². The molecule has 0 spiro atoms. The van der Waals surface area contributed by atoms with Crippen LogP contribution < -0.4 is 0 Å². The Labute approximate surface area is 174 Å². The molecule has 0 heterocycles. The van der Waals surface area contributed by atoms with Crippen molar-refractivity contribution in [3.63, 3.8) is 0 Å². The molecule has 0 saturated heterocycles. The summed E-state index contributed by atoms with van der Waals surface area (Å²) in [5.41, 5.74) is -1.90. The zero-order chi connectivity index (χ0) is 22.2. The molecule has 0 unspecified atom stereocenters. The molecule has 0 atom stereocenters. The van der Waals surface area contributed by atoms with Gasteiger partial charge in [0.05, 0.1) is 0 Å². The second kappa shape index (κ2) is 16.3. The quantitative estimate of drug-likeness (QED) is 0.147. The van der Waals surface area contributed by atoms with Gasteiger partial charge in [-0.05, 0) is 12.8 Å². The van der Waals surface area contributed by atoms with E-state index in [-0.39, 0.29) is 12.8 Å². The SMILES string of the molecule is O=C(CCCCCCCCCCCCCCCCCC(=O)P(=O)(O)O)P(=O)(O)O. The lowest BCUT2D eigenvalue weighted by molar-refractivity contribution is -0.114. The molecule has 0 aliphatic rings. The number of unbranched alkanes of at least 4 members (excludes halogenated alkanes) is 14. The van der Waals surface area contributed by atoms with Gasteiger partial charge in [-0.3, -0.25) is 18.7 Å². The molecular formula is C19H38O8P2. The molecule has 0 aromatic carbocycles. The summed E-state index contributed by atoms with van der Waals surface area (Å²) in [5, 5.41) is 0. The van der Waals surface area contributed by atoms with Crippen LogP contribution in [0.5, 0.6) is 0 Å². The molecule has 0 bridgehead atoms.